The van der Waals surface area contributed by atoms with Gasteiger partial charge in [-0.3, -0.25) is 0 Å². The van der Waals surface area contributed by atoms with Crippen LogP contribution < -0.4 is 0 Å². The van der Waals surface area contributed by atoms with Crippen LogP contribution in [0.4, 0.5) is 0 Å². The Hall–Kier alpha value is -0.613. The highest BCUT2D eigenvalue weighted by atomic mass is 28.2. The molecule has 0 fully saturated rings. The van der Waals surface area contributed by atoms with Gasteiger partial charge in [-0.25, -0.2) is 4.79 Å². The van der Waals surface area contributed by atoms with E-state index >= 15 is 0 Å². The Morgan fingerprint density at radius 3 is 2.64 bits per heavy atom. The highest BCUT2D eigenvalue weighted by molar-refractivity contribution is 6.27. The van der Waals surface area contributed by atoms with Crippen LogP contribution in [0.5, 0.6) is 0 Å². The van der Waals surface area contributed by atoms with Gasteiger partial charge in [0.1, 0.15) is 0 Å². The van der Waals surface area contributed by atoms with Crippen molar-refractivity contribution >= 4 is 15.7 Å². The zero-order valence-corrected chi connectivity index (χ0v) is 10.8. The van der Waals surface area contributed by atoms with Gasteiger partial charge < -0.3 is 9.16 Å². The van der Waals surface area contributed by atoms with E-state index in [2.05, 4.69) is 27.4 Å². The van der Waals surface area contributed by atoms with Crippen molar-refractivity contribution in [3.05, 3.63) is 12.7 Å². The monoisotopic (exact) mass is 216 g/mol. The molecule has 0 radical (unpaired) electrons. The highest BCUT2D eigenvalue weighted by Gasteiger charge is 2.08. The van der Waals surface area contributed by atoms with Gasteiger partial charge in [-0.1, -0.05) is 6.58 Å². The molecule has 14 heavy (non-hydrogen) atoms. The minimum Gasteiger partial charge on any atom is -0.463 e. The fraction of sp³-hybridized carbons (Fsp3) is 0.700. The maximum absolute atomic E-state index is 10.6. The molecule has 0 aromatic heterocycles. The largest absolute Gasteiger partial charge is 0.463 e. The van der Waals surface area contributed by atoms with Crippen molar-refractivity contribution in [1.29, 1.82) is 0 Å². The zero-order valence-electron chi connectivity index (χ0n) is 9.34. The van der Waals surface area contributed by atoms with E-state index in [4.69, 9.17) is 9.16 Å². The Balaban J connectivity index is 3.22. The second-order valence-electron chi connectivity index (χ2n) is 4.04. The third-order valence-electron chi connectivity index (χ3n) is 1.48. The molecule has 0 saturated carbocycles. The molecular formula is C10H20O3Si. The molecule has 0 aromatic rings. The summed E-state index contributed by atoms with van der Waals surface area (Å²) >= 11 is 0. The first kappa shape index (κ1) is 13.4. The first-order valence-electron chi connectivity index (χ1n) is 4.89. The van der Waals surface area contributed by atoms with Crippen LogP contribution in [-0.2, 0) is 14.0 Å². The van der Waals surface area contributed by atoms with Crippen molar-refractivity contribution in [2.45, 2.75) is 38.8 Å². The van der Waals surface area contributed by atoms with Crippen LogP contribution >= 0.6 is 0 Å². The van der Waals surface area contributed by atoms with E-state index in [1.54, 1.807) is 0 Å². The number of rotatable bonds is 6. The molecule has 3 nitrogen and oxygen atoms in total. The first-order valence-corrected chi connectivity index (χ1v) is 6.46. The van der Waals surface area contributed by atoms with E-state index in [9.17, 15) is 4.79 Å². The minimum atomic E-state index is -0.461. The molecule has 0 saturated heterocycles. The summed E-state index contributed by atoms with van der Waals surface area (Å²) in [5.74, 6) is -0.344. The van der Waals surface area contributed by atoms with Crippen molar-refractivity contribution in [2.75, 3.05) is 6.61 Å². The van der Waals surface area contributed by atoms with Crippen LogP contribution in [0, 0.1) is 0 Å². The maximum atomic E-state index is 10.6. The van der Waals surface area contributed by atoms with E-state index in [0.29, 0.717) is 6.61 Å². The number of esters is 1. The summed E-state index contributed by atoms with van der Waals surface area (Å²) in [5, 5.41) is 0. The van der Waals surface area contributed by atoms with E-state index in [-0.39, 0.29) is 11.6 Å². The fourth-order valence-electron chi connectivity index (χ4n) is 0.814. The van der Waals surface area contributed by atoms with E-state index in [0.717, 1.165) is 12.5 Å². The van der Waals surface area contributed by atoms with Gasteiger partial charge in [0, 0.05) is 11.7 Å². The third-order valence-corrected chi connectivity index (χ3v) is 3.34. The Bertz CT molecular complexity index is 184. The second-order valence-corrected chi connectivity index (χ2v) is 5.44. The van der Waals surface area contributed by atoms with Crippen molar-refractivity contribution in [1.82, 2.24) is 0 Å². The van der Waals surface area contributed by atoms with Crippen molar-refractivity contribution in [2.24, 2.45) is 0 Å². The van der Waals surface area contributed by atoms with Gasteiger partial charge >= 0.3 is 5.97 Å². The summed E-state index contributed by atoms with van der Waals surface area (Å²) in [4.78, 5) is 10.6. The topological polar surface area (TPSA) is 35.5 Å². The molecule has 0 aromatic carbocycles. The lowest BCUT2D eigenvalue weighted by Gasteiger charge is -2.19. The van der Waals surface area contributed by atoms with Crippen molar-refractivity contribution in [3.63, 3.8) is 0 Å². The van der Waals surface area contributed by atoms with Crippen LogP contribution in [0.3, 0.4) is 0 Å². The molecule has 0 amide bonds. The number of hydrogen-bond donors (Lipinski definition) is 0. The number of carbonyl (C=O) groups is 1. The second kappa shape index (κ2) is 6.78. The average Bonchev–Trinajstić information content (AvgIpc) is 2.08. The summed E-state index contributed by atoms with van der Waals surface area (Å²) in [6.07, 6.45) is 2.07. The van der Waals surface area contributed by atoms with Gasteiger partial charge in [0.15, 0.2) is 9.76 Å². The predicted molar refractivity (Wildman–Crippen MR) is 60.0 cm³/mol. The standard InChI is InChI=1S/C10H20O3Si/c1-5-9(11)12-7-6-8-14-13-10(2,3)4/h5H,1,6-8,14H2,2-4H3. The Labute approximate surface area is 88.4 Å². The number of carbonyl (C=O) groups excluding carboxylic acids is 1. The molecule has 0 N–H and O–H groups in total. The summed E-state index contributed by atoms with van der Waals surface area (Å²) in [6, 6.07) is 1.04. The Morgan fingerprint density at radius 2 is 2.14 bits per heavy atom. The summed E-state index contributed by atoms with van der Waals surface area (Å²) in [7, 11) is -0.461. The predicted octanol–water partition coefficient (Wildman–Crippen LogP) is 1.42. The molecular weight excluding hydrogens is 196 g/mol. The van der Waals surface area contributed by atoms with Gasteiger partial charge in [0.25, 0.3) is 0 Å². The summed E-state index contributed by atoms with van der Waals surface area (Å²) < 4.78 is 10.5. The number of ether oxygens (including phenoxy) is 1. The van der Waals surface area contributed by atoms with Gasteiger partial charge in [-0.05, 0) is 33.2 Å². The molecule has 0 aliphatic heterocycles. The lowest BCUT2D eigenvalue weighted by molar-refractivity contribution is -0.137. The summed E-state index contributed by atoms with van der Waals surface area (Å²) in [5.41, 5.74) is -0.0238. The third kappa shape index (κ3) is 9.47. The molecule has 4 heteroatoms. The SMILES string of the molecule is C=CC(=O)OCCC[SiH2]OC(C)(C)C. The molecule has 0 aliphatic rings. The zero-order chi connectivity index (χ0) is 11.0. The highest BCUT2D eigenvalue weighted by Crippen LogP contribution is 2.06. The lowest BCUT2D eigenvalue weighted by atomic mass is 10.2. The molecule has 0 atom stereocenters. The molecule has 0 spiro atoms. The van der Waals surface area contributed by atoms with E-state index in [1.807, 2.05) is 0 Å². The van der Waals surface area contributed by atoms with E-state index in [1.165, 1.54) is 6.08 Å². The smallest absolute Gasteiger partial charge is 0.330 e. The minimum absolute atomic E-state index is 0.0238. The van der Waals surface area contributed by atoms with Crippen LogP contribution in [0.1, 0.15) is 27.2 Å². The van der Waals surface area contributed by atoms with Gasteiger partial charge in [0.05, 0.1) is 6.61 Å². The van der Waals surface area contributed by atoms with Gasteiger partial charge in [-0.2, -0.15) is 0 Å². The molecule has 0 bridgehead atoms. The molecule has 0 aliphatic carbocycles. The molecule has 0 heterocycles. The molecule has 82 valence electrons. The van der Waals surface area contributed by atoms with Crippen LogP contribution in [-0.4, -0.2) is 27.9 Å². The van der Waals surface area contributed by atoms with Crippen LogP contribution in [0.2, 0.25) is 6.04 Å². The summed E-state index contributed by atoms with van der Waals surface area (Å²) in [6.45, 7) is 9.95. The lowest BCUT2D eigenvalue weighted by Crippen LogP contribution is -2.21. The van der Waals surface area contributed by atoms with Gasteiger partial charge in [0.2, 0.25) is 0 Å². The Morgan fingerprint density at radius 1 is 1.50 bits per heavy atom. The first-order chi connectivity index (χ1) is 6.45. The number of hydrogen-bond acceptors (Lipinski definition) is 3. The van der Waals surface area contributed by atoms with E-state index < -0.39 is 9.76 Å². The van der Waals surface area contributed by atoms with Crippen LogP contribution in [0.15, 0.2) is 12.7 Å². The molecule has 0 unspecified atom stereocenters. The quantitative estimate of drug-likeness (QED) is 0.291. The maximum Gasteiger partial charge on any atom is 0.330 e. The molecule has 0 rings (SSSR count). The van der Waals surface area contributed by atoms with Crippen LogP contribution in [0.25, 0.3) is 0 Å². The Kier molecular flexibility index (Phi) is 6.49. The normalized spacial score (nSPS) is 11.9. The fourth-order valence-corrected chi connectivity index (χ4v) is 1.98. The average molecular weight is 216 g/mol. The van der Waals surface area contributed by atoms with Gasteiger partial charge in [-0.15, -0.1) is 0 Å². The van der Waals surface area contributed by atoms with Crippen molar-refractivity contribution in [3.8, 4) is 0 Å². The van der Waals surface area contributed by atoms with Crippen molar-refractivity contribution < 1.29 is 14.0 Å².